The van der Waals surface area contributed by atoms with Crippen LogP contribution in [0.15, 0.2) is 52.4 Å². The molecule has 0 aromatic heterocycles. The molecule has 0 fully saturated rings. The van der Waals surface area contributed by atoms with Gasteiger partial charge in [0.2, 0.25) is 0 Å². The number of nitrogens with zero attached hydrogens (tertiary/aromatic N) is 1. The second-order valence-corrected chi connectivity index (χ2v) is 6.45. The highest BCUT2D eigenvalue weighted by Crippen LogP contribution is 2.35. The molecule has 0 saturated carbocycles. The van der Waals surface area contributed by atoms with Gasteiger partial charge in [-0.25, -0.2) is 0 Å². The van der Waals surface area contributed by atoms with E-state index in [4.69, 9.17) is 9.47 Å². The van der Waals surface area contributed by atoms with Gasteiger partial charge in [0.25, 0.3) is 0 Å². The summed E-state index contributed by atoms with van der Waals surface area (Å²) < 4.78 is 11.0. The quantitative estimate of drug-likeness (QED) is 0.812. The first-order chi connectivity index (χ1) is 11.8. The van der Waals surface area contributed by atoms with Crippen LogP contribution in [0.5, 0.6) is 11.5 Å². The monoisotopic (exact) mass is 342 g/mol. The highest BCUT2D eigenvalue weighted by atomic mass is 32.2. The summed E-state index contributed by atoms with van der Waals surface area (Å²) in [6.07, 6.45) is 1.09. The van der Waals surface area contributed by atoms with Crippen molar-refractivity contribution in [2.45, 2.75) is 17.1 Å². The van der Waals surface area contributed by atoms with Gasteiger partial charge in [-0.2, -0.15) is 0 Å². The molecule has 1 aliphatic heterocycles. The maximum Gasteiger partial charge on any atom is 0.129 e. The smallest absolute Gasteiger partial charge is 0.129 e. The summed E-state index contributed by atoms with van der Waals surface area (Å²) in [7, 11) is 3.38. The Hall–Kier alpha value is -2.14. The van der Waals surface area contributed by atoms with E-state index in [0.29, 0.717) is 0 Å². The number of ether oxygens (including phenoxy) is 2. The predicted octanol–water partition coefficient (Wildman–Crippen LogP) is 3.74. The highest BCUT2D eigenvalue weighted by molar-refractivity contribution is 7.98. The molecular weight excluding hydrogens is 320 g/mol. The second kappa shape index (κ2) is 8.11. The molecular formula is C19H22N2O2S. The SMILES string of the molecule is COc1cccc(OC)c1CSc1ccccc1C1=NCCCN1. The van der Waals surface area contributed by atoms with Crippen LogP contribution in [0, 0.1) is 0 Å². The minimum absolute atomic E-state index is 0.775. The van der Waals surface area contributed by atoms with Gasteiger partial charge in [-0.05, 0) is 24.6 Å². The van der Waals surface area contributed by atoms with E-state index in [-0.39, 0.29) is 0 Å². The average Bonchev–Trinajstić information content (AvgIpc) is 2.67. The van der Waals surface area contributed by atoms with Crippen molar-refractivity contribution in [1.82, 2.24) is 5.32 Å². The van der Waals surface area contributed by atoms with Crippen molar-refractivity contribution < 1.29 is 9.47 Å². The van der Waals surface area contributed by atoms with Gasteiger partial charge in [0, 0.05) is 34.9 Å². The van der Waals surface area contributed by atoms with Crippen molar-refractivity contribution in [3.8, 4) is 11.5 Å². The Bertz CT molecular complexity index is 709. The Morgan fingerprint density at radius 3 is 2.46 bits per heavy atom. The van der Waals surface area contributed by atoms with Crippen LogP contribution >= 0.6 is 11.8 Å². The van der Waals surface area contributed by atoms with Crippen LogP contribution in [0.1, 0.15) is 17.5 Å². The zero-order valence-electron chi connectivity index (χ0n) is 14.0. The van der Waals surface area contributed by atoms with Gasteiger partial charge >= 0.3 is 0 Å². The lowest BCUT2D eigenvalue weighted by molar-refractivity contribution is 0.388. The summed E-state index contributed by atoms with van der Waals surface area (Å²) in [5.74, 6) is 3.48. The van der Waals surface area contributed by atoms with Gasteiger partial charge in [-0.3, -0.25) is 4.99 Å². The molecule has 1 N–H and O–H groups in total. The minimum Gasteiger partial charge on any atom is -0.496 e. The maximum atomic E-state index is 5.49. The normalized spacial score (nSPS) is 13.8. The third kappa shape index (κ3) is 3.67. The van der Waals surface area contributed by atoms with Gasteiger partial charge in [0.1, 0.15) is 17.3 Å². The van der Waals surface area contributed by atoms with E-state index in [1.54, 1.807) is 26.0 Å². The van der Waals surface area contributed by atoms with Crippen LogP contribution in [0.25, 0.3) is 0 Å². The van der Waals surface area contributed by atoms with Crippen LogP contribution in [0.4, 0.5) is 0 Å². The summed E-state index contributed by atoms with van der Waals surface area (Å²) in [5.41, 5.74) is 2.23. The number of rotatable bonds is 6. The molecule has 0 bridgehead atoms. The van der Waals surface area contributed by atoms with Crippen LogP contribution in [-0.4, -0.2) is 33.1 Å². The predicted molar refractivity (Wildman–Crippen MR) is 99.6 cm³/mol. The zero-order valence-corrected chi connectivity index (χ0v) is 14.9. The van der Waals surface area contributed by atoms with Gasteiger partial charge in [-0.15, -0.1) is 11.8 Å². The second-order valence-electron chi connectivity index (χ2n) is 5.44. The first-order valence-corrected chi connectivity index (χ1v) is 9.02. The van der Waals surface area contributed by atoms with Crippen LogP contribution < -0.4 is 14.8 Å². The van der Waals surface area contributed by atoms with Crippen LogP contribution in [0.2, 0.25) is 0 Å². The topological polar surface area (TPSA) is 42.9 Å². The number of hydrogen-bond acceptors (Lipinski definition) is 5. The van der Waals surface area contributed by atoms with Crippen molar-refractivity contribution in [2.75, 3.05) is 27.3 Å². The molecule has 0 unspecified atom stereocenters. The molecule has 2 aromatic rings. The van der Waals surface area contributed by atoms with Crippen LogP contribution in [-0.2, 0) is 5.75 Å². The van der Waals surface area contributed by atoms with Crippen molar-refractivity contribution in [3.63, 3.8) is 0 Å². The van der Waals surface area contributed by atoms with Crippen molar-refractivity contribution in [3.05, 3.63) is 53.6 Å². The van der Waals surface area contributed by atoms with Crippen molar-refractivity contribution in [1.29, 1.82) is 0 Å². The van der Waals surface area contributed by atoms with Gasteiger partial charge < -0.3 is 14.8 Å². The molecule has 1 aliphatic rings. The van der Waals surface area contributed by atoms with E-state index >= 15 is 0 Å². The first kappa shape index (κ1) is 16.7. The Labute approximate surface area is 147 Å². The molecule has 3 rings (SSSR count). The van der Waals surface area contributed by atoms with E-state index in [9.17, 15) is 0 Å². The Morgan fingerprint density at radius 2 is 1.79 bits per heavy atom. The largest absolute Gasteiger partial charge is 0.496 e. The number of methoxy groups -OCH3 is 2. The molecule has 0 spiro atoms. The third-order valence-electron chi connectivity index (χ3n) is 3.94. The Balaban J connectivity index is 1.84. The molecule has 1 heterocycles. The fraction of sp³-hybridized carbons (Fsp3) is 0.316. The van der Waals surface area contributed by atoms with E-state index in [0.717, 1.165) is 53.7 Å². The van der Waals surface area contributed by atoms with E-state index in [2.05, 4.69) is 34.6 Å². The molecule has 126 valence electrons. The highest BCUT2D eigenvalue weighted by Gasteiger charge is 2.14. The maximum absolute atomic E-state index is 5.49. The lowest BCUT2D eigenvalue weighted by atomic mass is 10.2. The molecule has 0 radical (unpaired) electrons. The van der Waals surface area contributed by atoms with Gasteiger partial charge in [0.05, 0.1) is 14.2 Å². The molecule has 0 saturated heterocycles. The number of aliphatic imine (C=N–C) groups is 1. The van der Waals surface area contributed by atoms with Gasteiger partial charge in [-0.1, -0.05) is 24.3 Å². The summed E-state index contributed by atoms with van der Waals surface area (Å²) in [4.78, 5) is 5.83. The molecule has 4 nitrogen and oxygen atoms in total. The standard InChI is InChI=1S/C19H22N2O2S/c1-22-16-8-5-9-17(23-2)15(16)13-24-18-10-4-3-7-14(18)19-20-11-6-12-21-19/h3-5,7-10H,6,11-13H2,1-2H3,(H,20,21). The molecule has 0 aliphatic carbocycles. The minimum atomic E-state index is 0.775. The number of thioether (sulfide) groups is 1. The van der Waals surface area contributed by atoms with E-state index < -0.39 is 0 Å². The Morgan fingerprint density at radius 1 is 1.04 bits per heavy atom. The summed E-state index contributed by atoms with van der Waals surface area (Å²) >= 11 is 1.77. The number of amidine groups is 1. The molecule has 0 amide bonds. The zero-order chi connectivity index (χ0) is 16.8. The van der Waals surface area contributed by atoms with Crippen molar-refractivity contribution in [2.24, 2.45) is 4.99 Å². The number of nitrogens with one attached hydrogen (secondary N) is 1. The molecule has 0 atom stereocenters. The van der Waals surface area contributed by atoms with Crippen molar-refractivity contribution >= 4 is 17.6 Å². The van der Waals surface area contributed by atoms with Gasteiger partial charge in [0.15, 0.2) is 0 Å². The number of hydrogen-bond donors (Lipinski definition) is 1. The van der Waals surface area contributed by atoms with Crippen LogP contribution in [0.3, 0.4) is 0 Å². The fourth-order valence-electron chi connectivity index (χ4n) is 2.72. The molecule has 2 aromatic carbocycles. The average molecular weight is 342 g/mol. The lowest BCUT2D eigenvalue weighted by Crippen LogP contribution is -2.30. The third-order valence-corrected chi connectivity index (χ3v) is 5.04. The molecule has 5 heteroatoms. The molecule has 24 heavy (non-hydrogen) atoms. The fourth-order valence-corrected chi connectivity index (χ4v) is 3.80. The number of benzene rings is 2. The summed E-state index contributed by atoms with van der Waals surface area (Å²) in [6.45, 7) is 1.87. The lowest BCUT2D eigenvalue weighted by Gasteiger charge is -2.18. The summed E-state index contributed by atoms with van der Waals surface area (Å²) in [5, 5.41) is 3.41. The van der Waals surface area contributed by atoms with E-state index in [1.165, 1.54) is 4.90 Å². The summed E-state index contributed by atoms with van der Waals surface area (Å²) in [6, 6.07) is 14.3. The first-order valence-electron chi connectivity index (χ1n) is 8.04. The van der Waals surface area contributed by atoms with E-state index in [1.807, 2.05) is 18.2 Å². The Kier molecular flexibility index (Phi) is 5.64.